The Morgan fingerprint density at radius 3 is 2.76 bits per heavy atom. The van der Waals surface area contributed by atoms with Crippen LogP contribution in [-0.4, -0.2) is 12.6 Å². The number of nitrogens with two attached hydrogens (primary N) is 1. The van der Waals surface area contributed by atoms with Gasteiger partial charge in [-0.1, -0.05) is 13.8 Å². The molecule has 94 valence electrons. The number of anilines is 2. The Morgan fingerprint density at radius 2 is 2.12 bits per heavy atom. The van der Waals surface area contributed by atoms with Crippen LogP contribution in [0.15, 0.2) is 16.6 Å². The summed E-state index contributed by atoms with van der Waals surface area (Å²) in [6, 6.07) is 4.90. The van der Waals surface area contributed by atoms with Gasteiger partial charge in [0.2, 0.25) is 0 Å². The lowest BCUT2D eigenvalue weighted by Crippen LogP contribution is -2.33. The summed E-state index contributed by atoms with van der Waals surface area (Å²) >= 11 is 3.65. The lowest BCUT2D eigenvalue weighted by molar-refractivity contribution is 0.491. The van der Waals surface area contributed by atoms with Gasteiger partial charge in [-0.15, -0.1) is 0 Å². The molecule has 2 rings (SSSR count). The zero-order valence-electron chi connectivity index (χ0n) is 10.8. The molecule has 1 aromatic rings. The van der Waals surface area contributed by atoms with Crippen LogP contribution >= 0.6 is 15.9 Å². The van der Waals surface area contributed by atoms with Crippen molar-refractivity contribution < 1.29 is 0 Å². The summed E-state index contributed by atoms with van der Waals surface area (Å²) in [6.07, 6.45) is 2.59. The number of rotatable bonds is 2. The van der Waals surface area contributed by atoms with Crippen molar-refractivity contribution in [3.63, 3.8) is 0 Å². The maximum absolute atomic E-state index is 5.93. The van der Waals surface area contributed by atoms with Gasteiger partial charge in [0.15, 0.2) is 0 Å². The number of halogens is 1. The molecule has 1 unspecified atom stereocenters. The van der Waals surface area contributed by atoms with Gasteiger partial charge in [0.25, 0.3) is 0 Å². The van der Waals surface area contributed by atoms with Crippen LogP contribution in [0.4, 0.5) is 11.4 Å². The molecule has 1 atom stereocenters. The van der Waals surface area contributed by atoms with Gasteiger partial charge in [-0.25, -0.2) is 0 Å². The number of aryl methyl sites for hydroxylation is 1. The van der Waals surface area contributed by atoms with E-state index in [9.17, 15) is 0 Å². The van der Waals surface area contributed by atoms with Crippen molar-refractivity contribution >= 4 is 27.3 Å². The Morgan fingerprint density at radius 1 is 1.41 bits per heavy atom. The summed E-state index contributed by atoms with van der Waals surface area (Å²) in [5.74, 6) is 0.697. The molecule has 0 spiro atoms. The predicted octanol–water partition coefficient (Wildman–Crippen LogP) is 3.96. The van der Waals surface area contributed by atoms with Gasteiger partial charge >= 0.3 is 0 Å². The maximum atomic E-state index is 5.93. The van der Waals surface area contributed by atoms with Crippen LogP contribution in [0.3, 0.4) is 0 Å². The van der Waals surface area contributed by atoms with Crippen LogP contribution in [0.2, 0.25) is 0 Å². The van der Waals surface area contributed by atoms with E-state index in [1.807, 2.05) is 6.07 Å². The first-order valence-electron chi connectivity index (χ1n) is 6.33. The van der Waals surface area contributed by atoms with Gasteiger partial charge in [-0.05, 0) is 59.3 Å². The van der Waals surface area contributed by atoms with E-state index in [4.69, 9.17) is 5.73 Å². The van der Waals surface area contributed by atoms with Gasteiger partial charge in [0.1, 0.15) is 0 Å². The highest BCUT2D eigenvalue weighted by Crippen LogP contribution is 2.36. The molecule has 0 amide bonds. The summed E-state index contributed by atoms with van der Waals surface area (Å²) < 4.78 is 1.12. The second-order valence-electron chi connectivity index (χ2n) is 5.31. The highest BCUT2D eigenvalue weighted by molar-refractivity contribution is 9.10. The Kier molecular flexibility index (Phi) is 3.67. The molecule has 17 heavy (non-hydrogen) atoms. The Labute approximate surface area is 112 Å². The standard InChI is InChI=1S/C14H21BrN2/c1-9(2)13-5-4-6-17(13)14-7-10(3)12(16)8-11(14)15/h7-9,13H,4-6,16H2,1-3H3. The molecule has 0 aliphatic carbocycles. The van der Waals surface area contributed by atoms with Crippen LogP contribution in [0.1, 0.15) is 32.3 Å². The Balaban J connectivity index is 2.36. The second-order valence-corrected chi connectivity index (χ2v) is 6.16. The van der Waals surface area contributed by atoms with E-state index in [0.29, 0.717) is 12.0 Å². The Hall–Kier alpha value is -0.700. The van der Waals surface area contributed by atoms with Crippen molar-refractivity contribution in [2.75, 3.05) is 17.2 Å². The highest BCUT2D eigenvalue weighted by atomic mass is 79.9. The van der Waals surface area contributed by atoms with E-state index in [0.717, 1.165) is 22.3 Å². The number of hydrogen-bond donors (Lipinski definition) is 1. The predicted molar refractivity (Wildman–Crippen MR) is 78.5 cm³/mol. The monoisotopic (exact) mass is 296 g/mol. The van der Waals surface area contributed by atoms with E-state index in [1.54, 1.807) is 0 Å². The molecule has 0 saturated carbocycles. The van der Waals surface area contributed by atoms with Crippen molar-refractivity contribution in [3.8, 4) is 0 Å². The van der Waals surface area contributed by atoms with E-state index >= 15 is 0 Å². The topological polar surface area (TPSA) is 29.3 Å². The van der Waals surface area contributed by atoms with Crippen LogP contribution in [0.25, 0.3) is 0 Å². The van der Waals surface area contributed by atoms with Crippen molar-refractivity contribution in [1.29, 1.82) is 0 Å². The smallest absolute Gasteiger partial charge is 0.0517 e. The minimum atomic E-state index is 0.661. The van der Waals surface area contributed by atoms with E-state index < -0.39 is 0 Å². The Bertz CT molecular complexity index is 415. The SMILES string of the molecule is Cc1cc(N2CCCC2C(C)C)c(Br)cc1N. The first-order chi connectivity index (χ1) is 8.00. The maximum Gasteiger partial charge on any atom is 0.0517 e. The average molecular weight is 297 g/mol. The molecule has 1 saturated heterocycles. The fourth-order valence-electron chi connectivity index (χ4n) is 2.69. The van der Waals surface area contributed by atoms with E-state index in [2.05, 4.69) is 47.7 Å². The van der Waals surface area contributed by atoms with Gasteiger partial charge in [0, 0.05) is 22.7 Å². The second kappa shape index (κ2) is 4.89. The minimum absolute atomic E-state index is 0.661. The molecule has 1 heterocycles. The molecule has 1 fully saturated rings. The molecule has 0 radical (unpaired) electrons. The zero-order chi connectivity index (χ0) is 12.6. The van der Waals surface area contributed by atoms with Crippen molar-refractivity contribution in [1.82, 2.24) is 0 Å². The molecule has 2 nitrogen and oxygen atoms in total. The van der Waals surface area contributed by atoms with Gasteiger partial charge in [-0.2, -0.15) is 0 Å². The van der Waals surface area contributed by atoms with Gasteiger partial charge in [0.05, 0.1) is 5.69 Å². The van der Waals surface area contributed by atoms with Crippen molar-refractivity contribution in [2.24, 2.45) is 5.92 Å². The van der Waals surface area contributed by atoms with Gasteiger partial charge in [-0.3, -0.25) is 0 Å². The molecular weight excluding hydrogens is 276 g/mol. The molecule has 3 heteroatoms. The number of nitrogens with zero attached hydrogens (tertiary/aromatic N) is 1. The molecule has 1 aromatic carbocycles. The van der Waals surface area contributed by atoms with Crippen LogP contribution in [-0.2, 0) is 0 Å². The fraction of sp³-hybridized carbons (Fsp3) is 0.571. The van der Waals surface area contributed by atoms with Crippen LogP contribution < -0.4 is 10.6 Å². The van der Waals surface area contributed by atoms with E-state index in [-0.39, 0.29) is 0 Å². The summed E-state index contributed by atoms with van der Waals surface area (Å²) in [4.78, 5) is 2.53. The summed E-state index contributed by atoms with van der Waals surface area (Å²) in [6.45, 7) is 7.85. The molecule has 0 aromatic heterocycles. The summed E-state index contributed by atoms with van der Waals surface area (Å²) in [7, 11) is 0. The molecule has 2 N–H and O–H groups in total. The van der Waals surface area contributed by atoms with Crippen LogP contribution in [0.5, 0.6) is 0 Å². The average Bonchev–Trinajstić information content (AvgIpc) is 2.72. The number of nitrogen functional groups attached to an aromatic ring is 1. The van der Waals surface area contributed by atoms with Crippen molar-refractivity contribution in [2.45, 2.75) is 39.7 Å². The molecular formula is C14H21BrN2. The van der Waals surface area contributed by atoms with Gasteiger partial charge < -0.3 is 10.6 Å². The fourth-order valence-corrected chi connectivity index (χ4v) is 3.28. The van der Waals surface area contributed by atoms with Crippen LogP contribution in [0, 0.1) is 12.8 Å². The molecule has 1 aliphatic heterocycles. The summed E-state index contributed by atoms with van der Waals surface area (Å²) in [5.41, 5.74) is 9.26. The minimum Gasteiger partial charge on any atom is -0.398 e. The molecule has 1 aliphatic rings. The largest absolute Gasteiger partial charge is 0.398 e. The normalized spacial score (nSPS) is 20.3. The first kappa shape index (κ1) is 12.7. The lowest BCUT2D eigenvalue weighted by Gasteiger charge is -2.31. The third-order valence-corrected chi connectivity index (χ3v) is 4.35. The molecule has 0 bridgehead atoms. The quantitative estimate of drug-likeness (QED) is 0.837. The van der Waals surface area contributed by atoms with Crippen molar-refractivity contribution in [3.05, 3.63) is 22.2 Å². The number of benzene rings is 1. The third kappa shape index (κ3) is 2.44. The summed E-state index contributed by atoms with van der Waals surface area (Å²) in [5, 5.41) is 0. The highest BCUT2D eigenvalue weighted by Gasteiger charge is 2.28. The zero-order valence-corrected chi connectivity index (χ0v) is 12.4. The van der Waals surface area contributed by atoms with E-state index in [1.165, 1.54) is 18.5 Å². The third-order valence-electron chi connectivity index (χ3n) is 3.71. The number of hydrogen-bond acceptors (Lipinski definition) is 2. The lowest BCUT2D eigenvalue weighted by atomic mass is 10.0. The first-order valence-corrected chi connectivity index (χ1v) is 7.12.